The van der Waals surface area contributed by atoms with E-state index in [1.165, 1.54) is 7.05 Å². The molecule has 0 heterocycles. The fourth-order valence-corrected chi connectivity index (χ4v) is 2.85. The number of carbonyl (C=O) groups excluding carboxylic acids is 1. The Morgan fingerprint density at radius 3 is 2.52 bits per heavy atom. The molecule has 0 aliphatic carbocycles. The molecule has 1 aromatic rings. The molecule has 0 spiro atoms. The van der Waals surface area contributed by atoms with E-state index in [1.807, 2.05) is 4.72 Å². The second kappa shape index (κ2) is 6.83. The molecule has 7 nitrogen and oxygen atoms in total. The number of benzene rings is 1. The van der Waals surface area contributed by atoms with Gasteiger partial charge in [-0.3, -0.25) is 4.79 Å². The summed E-state index contributed by atoms with van der Waals surface area (Å²) >= 11 is 5.59. The van der Waals surface area contributed by atoms with Crippen LogP contribution < -0.4 is 10.0 Å². The third-order valence-corrected chi connectivity index (χ3v) is 4.13. The highest BCUT2D eigenvalue weighted by molar-refractivity contribution is 7.89. The molecule has 0 unspecified atom stereocenters. The number of sulfonamides is 1. The summed E-state index contributed by atoms with van der Waals surface area (Å²) in [6.07, 6.45) is -0.149. The first kappa shape index (κ1) is 17.3. The fourth-order valence-electron chi connectivity index (χ4n) is 1.42. The molecule has 0 aromatic heterocycles. The molecule has 1 amide bonds. The summed E-state index contributed by atoms with van der Waals surface area (Å²) in [6, 6.07) is 1.61. The van der Waals surface area contributed by atoms with Crippen LogP contribution in [0, 0.1) is 5.82 Å². The number of hydrogen-bond acceptors (Lipinski definition) is 4. The zero-order valence-corrected chi connectivity index (χ0v) is 12.4. The molecule has 0 atom stereocenters. The zero-order chi connectivity index (χ0) is 16.2. The number of amides is 1. The van der Waals surface area contributed by atoms with E-state index in [0.717, 1.165) is 12.1 Å². The second-order valence-electron chi connectivity index (χ2n) is 3.89. The van der Waals surface area contributed by atoms with E-state index in [0.29, 0.717) is 0 Å². The Kier molecular flexibility index (Phi) is 5.64. The Bertz CT molecular complexity index is 677. The van der Waals surface area contributed by atoms with Crippen molar-refractivity contribution < 1.29 is 27.5 Å². The van der Waals surface area contributed by atoms with Crippen LogP contribution in [0.15, 0.2) is 17.0 Å². The van der Waals surface area contributed by atoms with Gasteiger partial charge in [-0.05, 0) is 12.1 Å². The third-order valence-electron chi connectivity index (χ3n) is 2.45. The van der Waals surface area contributed by atoms with Crippen molar-refractivity contribution in [2.45, 2.75) is 11.3 Å². The van der Waals surface area contributed by atoms with Crippen molar-refractivity contribution in [3.63, 3.8) is 0 Å². The molecular formula is C11H12ClFN2O5S. The molecule has 0 saturated heterocycles. The van der Waals surface area contributed by atoms with Gasteiger partial charge in [0.05, 0.1) is 5.56 Å². The Labute approximate surface area is 125 Å². The van der Waals surface area contributed by atoms with Gasteiger partial charge in [-0.25, -0.2) is 22.3 Å². The highest BCUT2D eigenvalue weighted by atomic mass is 35.5. The predicted molar refractivity (Wildman–Crippen MR) is 72.2 cm³/mol. The predicted octanol–water partition coefficient (Wildman–Crippen LogP) is 0.592. The Hall–Kier alpha value is -1.71. The molecule has 3 N–H and O–H groups in total. The van der Waals surface area contributed by atoms with Gasteiger partial charge in [0.15, 0.2) is 5.82 Å². The average molecular weight is 339 g/mol. The quantitative estimate of drug-likeness (QED) is 0.702. The lowest BCUT2D eigenvalue weighted by Gasteiger charge is -2.09. The smallest absolute Gasteiger partial charge is 0.338 e. The summed E-state index contributed by atoms with van der Waals surface area (Å²) in [5.41, 5.74) is -0.853. The number of carbonyl (C=O) groups is 2. The number of rotatable bonds is 6. The van der Waals surface area contributed by atoms with Gasteiger partial charge in [-0.1, -0.05) is 11.6 Å². The molecule has 0 bridgehead atoms. The van der Waals surface area contributed by atoms with Crippen LogP contribution in [0.4, 0.5) is 4.39 Å². The van der Waals surface area contributed by atoms with Crippen molar-refractivity contribution in [2.24, 2.45) is 0 Å². The molecular weight excluding hydrogens is 327 g/mol. The van der Waals surface area contributed by atoms with Crippen molar-refractivity contribution >= 4 is 33.5 Å². The van der Waals surface area contributed by atoms with Crippen molar-refractivity contribution in [2.75, 3.05) is 13.6 Å². The highest BCUT2D eigenvalue weighted by Gasteiger charge is 2.25. The van der Waals surface area contributed by atoms with E-state index in [2.05, 4.69) is 5.32 Å². The van der Waals surface area contributed by atoms with E-state index in [9.17, 15) is 22.4 Å². The normalized spacial score (nSPS) is 11.2. The fraction of sp³-hybridized carbons (Fsp3) is 0.273. The lowest BCUT2D eigenvalue weighted by molar-refractivity contribution is -0.120. The third kappa shape index (κ3) is 4.38. The summed E-state index contributed by atoms with van der Waals surface area (Å²) in [4.78, 5) is 20.9. The maximum atomic E-state index is 13.9. The minimum atomic E-state index is -4.33. The van der Waals surface area contributed by atoms with Gasteiger partial charge in [0.2, 0.25) is 15.9 Å². The van der Waals surface area contributed by atoms with E-state index in [-0.39, 0.29) is 18.0 Å². The molecule has 0 aliphatic heterocycles. The molecule has 10 heteroatoms. The zero-order valence-electron chi connectivity index (χ0n) is 10.8. The number of hydrogen-bond donors (Lipinski definition) is 3. The standard InChI is InChI=1S/C11H12ClFN2O5S/c1-14-9(16)2-3-15-21(19,20)8-5-6(12)4-7(10(8)13)11(17)18/h4-5,15H,2-3H2,1H3,(H,14,16)(H,17,18). The van der Waals surface area contributed by atoms with Crippen LogP contribution in [0.3, 0.4) is 0 Å². The van der Waals surface area contributed by atoms with E-state index in [1.54, 1.807) is 0 Å². The Morgan fingerprint density at radius 2 is 2.00 bits per heavy atom. The van der Waals surface area contributed by atoms with Crippen molar-refractivity contribution in [1.82, 2.24) is 10.0 Å². The highest BCUT2D eigenvalue weighted by Crippen LogP contribution is 2.23. The lowest BCUT2D eigenvalue weighted by Crippen LogP contribution is -2.30. The van der Waals surface area contributed by atoms with Crippen LogP contribution in [0.25, 0.3) is 0 Å². The molecule has 0 radical (unpaired) electrons. The van der Waals surface area contributed by atoms with Gasteiger partial charge in [-0.2, -0.15) is 0 Å². The first-order chi connectivity index (χ1) is 9.69. The largest absolute Gasteiger partial charge is 0.478 e. The maximum absolute atomic E-state index is 13.9. The average Bonchev–Trinajstić information content (AvgIpc) is 2.40. The van der Waals surface area contributed by atoms with Gasteiger partial charge in [0.1, 0.15) is 4.90 Å². The number of carboxylic acids is 1. The summed E-state index contributed by atoms with van der Waals surface area (Å²) in [5.74, 6) is -3.47. The molecule has 0 fully saturated rings. The topological polar surface area (TPSA) is 113 Å². The van der Waals surface area contributed by atoms with Crippen LogP contribution in [-0.2, 0) is 14.8 Å². The van der Waals surface area contributed by atoms with Gasteiger partial charge in [-0.15, -0.1) is 0 Å². The van der Waals surface area contributed by atoms with Crippen LogP contribution in [0.2, 0.25) is 5.02 Å². The Balaban J connectivity index is 3.08. The van der Waals surface area contributed by atoms with Gasteiger partial charge in [0.25, 0.3) is 0 Å². The number of halogens is 2. The summed E-state index contributed by atoms with van der Waals surface area (Å²) < 4.78 is 39.7. The van der Waals surface area contributed by atoms with Gasteiger partial charge < -0.3 is 10.4 Å². The molecule has 0 saturated carbocycles. The van der Waals surface area contributed by atoms with E-state index in [4.69, 9.17) is 16.7 Å². The molecule has 116 valence electrons. The number of aromatic carboxylic acids is 1. The van der Waals surface area contributed by atoms with Crippen LogP contribution >= 0.6 is 11.6 Å². The van der Waals surface area contributed by atoms with Crippen molar-refractivity contribution in [3.05, 3.63) is 28.5 Å². The number of nitrogens with one attached hydrogen (secondary N) is 2. The monoisotopic (exact) mass is 338 g/mol. The molecule has 21 heavy (non-hydrogen) atoms. The van der Waals surface area contributed by atoms with Crippen LogP contribution in [-0.4, -0.2) is 39.0 Å². The molecule has 0 aliphatic rings. The molecule has 1 rings (SSSR count). The van der Waals surface area contributed by atoms with Gasteiger partial charge >= 0.3 is 5.97 Å². The number of carboxylic acid groups (broad SMARTS) is 1. The van der Waals surface area contributed by atoms with Crippen LogP contribution in [0.1, 0.15) is 16.8 Å². The van der Waals surface area contributed by atoms with Crippen molar-refractivity contribution in [1.29, 1.82) is 0 Å². The summed E-state index contributed by atoms with van der Waals surface area (Å²) in [7, 11) is -2.94. The maximum Gasteiger partial charge on any atom is 0.338 e. The van der Waals surface area contributed by atoms with Gasteiger partial charge in [0, 0.05) is 25.0 Å². The van der Waals surface area contributed by atoms with E-state index >= 15 is 0 Å². The first-order valence-electron chi connectivity index (χ1n) is 5.61. The van der Waals surface area contributed by atoms with E-state index < -0.39 is 38.2 Å². The molecule has 1 aromatic carbocycles. The van der Waals surface area contributed by atoms with Crippen LogP contribution in [0.5, 0.6) is 0 Å². The van der Waals surface area contributed by atoms with Crippen molar-refractivity contribution in [3.8, 4) is 0 Å². The summed E-state index contributed by atoms with van der Waals surface area (Å²) in [6.45, 7) is -0.267. The summed E-state index contributed by atoms with van der Waals surface area (Å²) in [5, 5.41) is 10.8. The lowest BCUT2D eigenvalue weighted by atomic mass is 10.2. The Morgan fingerprint density at radius 1 is 1.38 bits per heavy atom. The SMILES string of the molecule is CNC(=O)CCNS(=O)(=O)c1cc(Cl)cc(C(=O)O)c1F. The minimum absolute atomic E-state index is 0.149. The second-order valence-corrected chi connectivity index (χ2v) is 6.06. The first-order valence-corrected chi connectivity index (χ1v) is 7.47. The minimum Gasteiger partial charge on any atom is -0.478 e.